The largest absolute Gasteiger partial charge is 0.478 e. The van der Waals surface area contributed by atoms with Crippen LogP contribution in [0, 0.1) is 0 Å². The zero-order valence-corrected chi connectivity index (χ0v) is 8.94. The topological polar surface area (TPSA) is 63.6 Å². The maximum atomic E-state index is 10.7. The predicted octanol–water partition coefficient (Wildman–Crippen LogP) is 2.06. The minimum atomic E-state index is -1.25. The Labute approximate surface area is 94.7 Å². The molecule has 14 heavy (non-hydrogen) atoms. The molecule has 0 aliphatic heterocycles. The molecule has 0 atom stereocenters. The van der Waals surface area contributed by atoms with E-state index in [1.165, 1.54) is 0 Å². The predicted molar refractivity (Wildman–Crippen MR) is 52.3 cm³/mol. The number of hydrogen-bond acceptors (Lipinski definition) is 3. The van der Waals surface area contributed by atoms with Crippen LogP contribution in [0.3, 0.4) is 0 Å². The van der Waals surface area contributed by atoms with Crippen molar-refractivity contribution in [2.75, 3.05) is 6.61 Å². The first-order chi connectivity index (χ1) is 6.43. The van der Waals surface area contributed by atoms with Gasteiger partial charge in [0.1, 0.15) is 11.1 Å². The third kappa shape index (κ3) is 6.77. The Bertz CT molecular complexity index is 291. The Morgan fingerprint density at radius 1 is 1.21 bits per heavy atom. The number of hydrogen-bond donors (Lipinski definition) is 1. The van der Waals surface area contributed by atoms with Crippen molar-refractivity contribution < 1.29 is 19.4 Å². The van der Waals surface area contributed by atoms with E-state index in [1.807, 2.05) is 0 Å². The summed E-state index contributed by atoms with van der Waals surface area (Å²) in [5, 5.41) is 8.12. The first-order valence-electron chi connectivity index (χ1n) is 3.21. The number of rotatable bonds is 4. The van der Waals surface area contributed by atoms with Crippen LogP contribution < -0.4 is 0 Å². The van der Waals surface area contributed by atoms with E-state index >= 15 is 0 Å². The van der Waals surface area contributed by atoms with Crippen LogP contribution in [0.25, 0.3) is 0 Å². The first kappa shape index (κ1) is 13.3. The highest BCUT2D eigenvalue weighted by Crippen LogP contribution is 2.17. The van der Waals surface area contributed by atoms with Gasteiger partial charge in [-0.1, -0.05) is 34.8 Å². The zero-order valence-electron chi connectivity index (χ0n) is 6.67. The highest BCUT2D eigenvalue weighted by Gasteiger charge is 2.03. The van der Waals surface area contributed by atoms with Gasteiger partial charge in [-0.2, -0.15) is 0 Å². The lowest BCUT2D eigenvalue weighted by Gasteiger charge is -1.99. The van der Waals surface area contributed by atoms with E-state index in [1.54, 1.807) is 0 Å². The second-order valence-corrected chi connectivity index (χ2v) is 3.35. The van der Waals surface area contributed by atoms with Gasteiger partial charge in [0.2, 0.25) is 0 Å². The smallest absolute Gasteiger partial charge is 0.331 e. The van der Waals surface area contributed by atoms with Gasteiger partial charge in [0.05, 0.1) is 5.03 Å². The summed E-state index contributed by atoms with van der Waals surface area (Å²) in [4.78, 5) is 20.7. The molecule has 0 rings (SSSR count). The Kier molecular flexibility index (Phi) is 6.36. The van der Waals surface area contributed by atoms with Crippen LogP contribution in [0.15, 0.2) is 21.7 Å². The number of carboxylic acids is 1. The zero-order chi connectivity index (χ0) is 11.1. The maximum absolute atomic E-state index is 10.7. The number of carboxylic acid groups (broad SMARTS) is 1. The quantitative estimate of drug-likeness (QED) is 0.620. The molecule has 0 radical (unpaired) electrons. The third-order valence-electron chi connectivity index (χ3n) is 0.908. The maximum Gasteiger partial charge on any atom is 0.331 e. The van der Waals surface area contributed by atoms with Gasteiger partial charge in [-0.25, -0.2) is 9.59 Å². The molecular weight excluding hydrogens is 254 g/mol. The van der Waals surface area contributed by atoms with Crippen molar-refractivity contribution in [3.63, 3.8) is 0 Å². The molecule has 0 saturated heterocycles. The average molecular weight is 259 g/mol. The normalized spacial score (nSPS) is 9.93. The standard InChI is InChI=1S/C7H5Cl3O4/c8-4(7(9)10)3-14-6(13)2-1-5(11)12/h1-2H,3H2,(H,11,12). The monoisotopic (exact) mass is 258 g/mol. The molecular formula is C7H5Cl3O4. The molecule has 0 spiro atoms. The molecule has 0 amide bonds. The minimum absolute atomic E-state index is 0.0367. The molecule has 0 fully saturated rings. The number of halogens is 3. The third-order valence-corrected chi connectivity index (χ3v) is 1.86. The molecule has 0 aliphatic rings. The Hall–Kier alpha value is -0.710. The van der Waals surface area contributed by atoms with Crippen molar-refractivity contribution in [3.05, 3.63) is 21.7 Å². The van der Waals surface area contributed by atoms with Gasteiger partial charge >= 0.3 is 11.9 Å². The fourth-order valence-corrected chi connectivity index (χ4v) is 0.540. The highest BCUT2D eigenvalue weighted by atomic mass is 35.5. The van der Waals surface area contributed by atoms with Crippen LogP contribution in [0.1, 0.15) is 0 Å². The van der Waals surface area contributed by atoms with Crippen LogP contribution >= 0.6 is 34.8 Å². The Morgan fingerprint density at radius 3 is 2.21 bits per heavy atom. The average Bonchev–Trinajstić information content (AvgIpc) is 2.10. The Balaban J connectivity index is 3.99. The summed E-state index contributed by atoms with van der Waals surface area (Å²) >= 11 is 15.9. The van der Waals surface area contributed by atoms with Gasteiger partial charge in [0.25, 0.3) is 0 Å². The van der Waals surface area contributed by atoms with Gasteiger partial charge in [-0.15, -0.1) is 0 Å². The van der Waals surface area contributed by atoms with Crippen molar-refractivity contribution >= 4 is 46.7 Å². The van der Waals surface area contributed by atoms with Crippen molar-refractivity contribution in [2.24, 2.45) is 0 Å². The molecule has 78 valence electrons. The SMILES string of the molecule is O=C(O)C=CC(=O)OCC(Cl)=C(Cl)Cl. The summed E-state index contributed by atoms with van der Waals surface area (Å²) in [6.07, 6.45) is 1.39. The van der Waals surface area contributed by atoms with E-state index in [2.05, 4.69) is 4.74 Å². The number of esters is 1. The van der Waals surface area contributed by atoms with Crippen LogP contribution in [0.5, 0.6) is 0 Å². The van der Waals surface area contributed by atoms with Gasteiger partial charge < -0.3 is 9.84 Å². The van der Waals surface area contributed by atoms with Crippen molar-refractivity contribution in [3.8, 4) is 0 Å². The number of ether oxygens (including phenoxy) is 1. The molecule has 0 aliphatic carbocycles. The second kappa shape index (κ2) is 6.70. The Morgan fingerprint density at radius 2 is 1.79 bits per heavy atom. The van der Waals surface area contributed by atoms with Crippen LogP contribution in [0.2, 0.25) is 0 Å². The lowest BCUT2D eigenvalue weighted by molar-refractivity contribution is -0.137. The summed E-state index contributed by atoms with van der Waals surface area (Å²) in [7, 11) is 0. The second-order valence-electron chi connectivity index (χ2n) is 1.94. The summed E-state index contributed by atoms with van der Waals surface area (Å²) in [5.74, 6) is -2.10. The first-order valence-corrected chi connectivity index (χ1v) is 4.34. The molecule has 0 aromatic heterocycles. The van der Waals surface area contributed by atoms with Crippen molar-refractivity contribution in [2.45, 2.75) is 0 Å². The van der Waals surface area contributed by atoms with E-state index in [0.29, 0.717) is 6.08 Å². The molecule has 0 bridgehead atoms. The molecule has 0 saturated carbocycles. The molecule has 1 N–H and O–H groups in total. The summed E-state index contributed by atoms with van der Waals surface area (Å²) in [6, 6.07) is 0. The van der Waals surface area contributed by atoms with Crippen LogP contribution in [-0.2, 0) is 14.3 Å². The molecule has 0 unspecified atom stereocenters. The number of carbonyl (C=O) groups excluding carboxylic acids is 1. The van der Waals surface area contributed by atoms with E-state index in [-0.39, 0.29) is 16.1 Å². The van der Waals surface area contributed by atoms with Crippen molar-refractivity contribution in [1.82, 2.24) is 0 Å². The molecule has 4 nitrogen and oxygen atoms in total. The molecule has 0 heterocycles. The fourth-order valence-electron chi connectivity index (χ4n) is 0.376. The lowest BCUT2D eigenvalue weighted by atomic mass is 10.5. The van der Waals surface area contributed by atoms with E-state index in [0.717, 1.165) is 6.08 Å². The van der Waals surface area contributed by atoms with E-state index in [4.69, 9.17) is 39.9 Å². The lowest BCUT2D eigenvalue weighted by Crippen LogP contribution is -2.03. The summed E-state index contributed by atoms with van der Waals surface area (Å²) in [5.41, 5.74) is 0. The van der Waals surface area contributed by atoms with Crippen LogP contribution in [0.4, 0.5) is 0 Å². The fraction of sp³-hybridized carbons (Fsp3) is 0.143. The minimum Gasteiger partial charge on any atom is -0.478 e. The van der Waals surface area contributed by atoms with E-state index < -0.39 is 11.9 Å². The summed E-state index contributed by atoms with van der Waals surface area (Å²) in [6.45, 7) is -0.299. The molecule has 0 aromatic carbocycles. The van der Waals surface area contributed by atoms with Gasteiger partial charge in [0, 0.05) is 12.2 Å². The van der Waals surface area contributed by atoms with Crippen molar-refractivity contribution in [1.29, 1.82) is 0 Å². The van der Waals surface area contributed by atoms with Gasteiger partial charge in [-0.3, -0.25) is 0 Å². The van der Waals surface area contributed by atoms with Gasteiger partial charge in [-0.05, 0) is 0 Å². The van der Waals surface area contributed by atoms with Crippen LogP contribution in [-0.4, -0.2) is 23.7 Å². The van der Waals surface area contributed by atoms with E-state index in [9.17, 15) is 9.59 Å². The number of aliphatic carboxylic acids is 1. The summed E-state index contributed by atoms with van der Waals surface area (Å²) < 4.78 is 4.26. The van der Waals surface area contributed by atoms with Gasteiger partial charge in [0.15, 0.2) is 0 Å². The molecule has 0 aromatic rings. The number of carbonyl (C=O) groups is 2. The highest BCUT2D eigenvalue weighted by molar-refractivity contribution is 6.59. The molecule has 7 heteroatoms.